The molecule has 19 heavy (non-hydrogen) atoms. The van der Waals surface area contributed by atoms with Gasteiger partial charge in [0.25, 0.3) is 0 Å². The first-order chi connectivity index (χ1) is 9.09. The van der Waals surface area contributed by atoms with Crippen LogP contribution in [0.25, 0.3) is 0 Å². The Labute approximate surface area is 117 Å². The van der Waals surface area contributed by atoms with Crippen LogP contribution in [0.2, 0.25) is 0 Å². The highest BCUT2D eigenvalue weighted by atomic mass is 16.2. The molecule has 1 amide bonds. The number of carbonyl (C=O) groups excluding carboxylic acids is 1. The number of nitrogens with one attached hydrogen (secondary N) is 1. The summed E-state index contributed by atoms with van der Waals surface area (Å²) in [5.41, 5.74) is -0.318. The number of amides is 1. The lowest BCUT2D eigenvalue weighted by Gasteiger charge is -2.35. The second kappa shape index (κ2) is 4.76. The lowest BCUT2D eigenvalue weighted by atomic mass is 9.92. The van der Waals surface area contributed by atoms with E-state index in [0.717, 1.165) is 31.1 Å². The summed E-state index contributed by atoms with van der Waals surface area (Å²) in [6.07, 6.45) is 8.79. The fraction of sp³-hybridized carbons (Fsp3) is 0.938. The third-order valence-corrected chi connectivity index (χ3v) is 5.85. The zero-order chi connectivity index (χ0) is 13.6. The molecule has 1 heterocycles. The smallest absolute Gasteiger partial charge is 0.244 e. The fourth-order valence-corrected chi connectivity index (χ4v) is 4.60. The first kappa shape index (κ1) is 13.4. The van der Waals surface area contributed by atoms with Gasteiger partial charge in [-0.1, -0.05) is 26.7 Å². The Morgan fingerprint density at radius 2 is 2.11 bits per heavy atom. The van der Waals surface area contributed by atoms with E-state index in [1.54, 1.807) is 0 Å². The van der Waals surface area contributed by atoms with Crippen molar-refractivity contribution in [2.75, 3.05) is 0 Å². The number of hydrogen-bond donors (Lipinski definition) is 1. The van der Waals surface area contributed by atoms with Crippen molar-refractivity contribution in [3.05, 3.63) is 0 Å². The van der Waals surface area contributed by atoms with E-state index in [-0.39, 0.29) is 11.7 Å². The van der Waals surface area contributed by atoms with Gasteiger partial charge in [-0.3, -0.25) is 10.1 Å². The van der Waals surface area contributed by atoms with Crippen molar-refractivity contribution in [2.45, 2.75) is 83.5 Å². The van der Waals surface area contributed by atoms with E-state index >= 15 is 0 Å². The molecule has 0 aromatic rings. The summed E-state index contributed by atoms with van der Waals surface area (Å²) >= 11 is 0. The molecular formula is C16H28N2O. The van der Waals surface area contributed by atoms with Crippen molar-refractivity contribution < 1.29 is 4.79 Å². The molecular weight excluding hydrogens is 236 g/mol. The number of rotatable bonds is 4. The monoisotopic (exact) mass is 264 g/mol. The number of carbonyl (C=O) groups is 1. The van der Waals surface area contributed by atoms with Crippen molar-refractivity contribution in [1.82, 2.24) is 10.2 Å². The molecule has 2 bridgehead atoms. The highest BCUT2D eigenvalue weighted by Crippen LogP contribution is 2.48. The summed E-state index contributed by atoms with van der Waals surface area (Å²) in [7, 11) is 0. The quantitative estimate of drug-likeness (QED) is 0.847. The molecule has 3 nitrogen and oxygen atoms in total. The molecule has 108 valence electrons. The van der Waals surface area contributed by atoms with Crippen molar-refractivity contribution >= 4 is 5.91 Å². The van der Waals surface area contributed by atoms with Gasteiger partial charge in [-0.2, -0.15) is 0 Å². The minimum atomic E-state index is -0.318. The summed E-state index contributed by atoms with van der Waals surface area (Å²) < 4.78 is 0. The lowest BCUT2D eigenvalue weighted by molar-refractivity contribution is -0.136. The van der Waals surface area contributed by atoms with Crippen molar-refractivity contribution in [2.24, 2.45) is 11.8 Å². The van der Waals surface area contributed by atoms with Crippen LogP contribution in [0.5, 0.6) is 0 Å². The van der Waals surface area contributed by atoms with Crippen LogP contribution in [-0.2, 0) is 4.79 Å². The van der Waals surface area contributed by atoms with Crippen LogP contribution >= 0.6 is 0 Å². The van der Waals surface area contributed by atoms with Gasteiger partial charge in [-0.05, 0) is 50.9 Å². The predicted octanol–water partition coefficient (Wildman–Crippen LogP) is 2.90. The average molecular weight is 264 g/mol. The predicted molar refractivity (Wildman–Crippen MR) is 76.6 cm³/mol. The average Bonchev–Trinajstić information content (AvgIpc) is 3.06. The van der Waals surface area contributed by atoms with Crippen LogP contribution in [0.4, 0.5) is 0 Å². The Morgan fingerprint density at radius 1 is 1.32 bits per heavy atom. The van der Waals surface area contributed by atoms with E-state index in [1.807, 2.05) is 0 Å². The summed E-state index contributed by atoms with van der Waals surface area (Å²) in [5, 5.41) is 3.63. The standard InChI is InChI=1S/C16H28N2O/c1-4-6-14-17-16(3,5-2)15(19)18(14)13-10-11-7-8-12(13)9-11/h11-14,17H,4-10H2,1-3H3. The van der Waals surface area contributed by atoms with Crippen molar-refractivity contribution in [3.63, 3.8) is 0 Å². The van der Waals surface area contributed by atoms with E-state index in [2.05, 4.69) is 31.0 Å². The second-order valence-electron chi connectivity index (χ2n) is 7.09. The normalized spacial score (nSPS) is 45.4. The third kappa shape index (κ3) is 2.01. The van der Waals surface area contributed by atoms with E-state index in [1.165, 1.54) is 25.7 Å². The number of hydrogen-bond acceptors (Lipinski definition) is 2. The highest BCUT2D eigenvalue weighted by molar-refractivity contribution is 5.88. The molecule has 2 saturated carbocycles. The zero-order valence-corrected chi connectivity index (χ0v) is 12.6. The van der Waals surface area contributed by atoms with Crippen LogP contribution in [-0.4, -0.2) is 28.6 Å². The Balaban J connectivity index is 1.82. The molecule has 1 saturated heterocycles. The molecule has 1 aliphatic heterocycles. The minimum Gasteiger partial charge on any atom is -0.322 e. The molecule has 0 spiro atoms. The first-order valence-electron chi connectivity index (χ1n) is 8.19. The molecule has 3 aliphatic rings. The fourth-order valence-electron chi connectivity index (χ4n) is 4.60. The van der Waals surface area contributed by atoms with E-state index in [0.29, 0.717) is 11.9 Å². The van der Waals surface area contributed by atoms with Crippen LogP contribution in [0.1, 0.15) is 65.7 Å². The SMILES string of the molecule is CCCC1NC(C)(CC)C(=O)N1C1CC2CCC1C2. The Kier molecular flexibility index (Phi) is 3.36. The summed E-state index contributed by atoms with van der Waals surface area (Å²) in [6.45, 7) is 6.43. The minimum absolute atomic E-state index is 0.284. The highest BCUT2D eigenvalue weighted by Gasteiger charge is 2.53. The van der Waals surface area contributed by atoms with Gasteiger partial charge in [0.1, 0.15) is 0 Å². The van der Waals surface area contributed by atoms with Gasteiger partial charge in [0.15, 0.2) is 0 Å². The summed E-state index contributed by atoms with van der Waals surface area (Å²) in [5.74, 6) is 2.05. The first-order valence-corrected chi connectivity index (χ1v) is 8.19. The van der Waals surface area contributed by atoms with E-state index in [4.69, 9.17) is 0 Å². The molecule has 5 unspecified atom stereocenters. The van der Waals surface area contributed by atoms with Gasteiger partial charge >= 0.3 is 0 Å². The summed E-state index contributed by atoms with van der Waals surface area (Å²) in [4.78, 5) is 15.1. The molecule has 2 aliphatic carbocycles. The van der Waals surface area contributed by atoms with Gasteiger partial charge in [0.05, 0.1) is 11.7 Å². The maximum Gasteiger partial charge on any atom is 0.244 e. The number of fused-ring (bicyclic) bond motifs is 2. The Bertz CT molecular complexity index is 370. The van der Waals surface area contributed by atoms with Crippen LogP contribution in [0.3, 0.4) is 0 Å². The van der Waals surface area contributed by atoms with E-state index < -0.39 is 0 Å². The molecule has 0 aromatic carbocycles. The van der Waals surface area contributed by atoms with E-state index in [9.17, 15) is 4.79 Å². The van der Waals surface area contributed by atoms with Crippen molar-refractivity contribution in [3.8, 4) is 0 Å². The lowest BCUT2D eigenvalue weighted by Crippen LogP contribution is -2.47. The largest absolute Gasteiger partial charge is 0.322 e. The maximum absolute atomic E-state index is 12.9. The van der Waals surface area contributed by atoms with Crippen LogP contribution in [0, 0.1) is 11.8 Å². The molecule has 3 rings (SSSR count). The molecule has 5 atom stereocenters. The molecule has 1 N–H and O–H groups in total. The van der Waals surface area contributed by atoms with Crippen LogP contribution < -0.4 is 5.32 Å². The second-order valence-corrected chi connectivity index (χ2v) is 7.09. The topological polar surface area (TPSA) is 32.3 Å². The zero-order valence-electron chi connectivity index (χ0n) is 12.6. The number of nitrogens with zero attached hydrogens (tertiary/aromatic N) is 1. The van der Waals surface area contributed by atoms with Crippen LogP contribution in [0.15, 0.2) is 0 Å². The van der Waals surface area contributed by atoms with Crippen molar-refractivity contribution in [1.29, 1.82) is 0 Å². The molecule has 3 heteroatoms. The van der Waals surface area contributed by atoms with Gasteiger partial charge in [-0.25, -0.2) is 0 Å². The summed E-state index contributed by atoms with van der Waals surface area (Å²) in [6, 6.07) is 0.531. The Morgan fingerprint density at radius 3 is 2.63 bits per heavy atom. The Hall–Kier alpha value is -0.570. The van der Waals surface area contributed by atoms with Gasteiger partial charge < -0.3 is 4.90 Å². The molecule has 0 radical (unpaired) electrons. The van der Waals surface area contributed by atoms with Gasteiger partial charge in [0.2, 0.25) is 5.91 Å². The molecule has 3 fully saturated rings. The maximum atomic E-state index is 12.9. The van der Waals surface area contributed by atoms with Gasteiger partial charge in [0, 0.05) is 6.04 Å². The molecule has 0 aromatic heterocycles. The third-order valence-electron chi connectivity index (χ3n) is 5.85. The van der Waals surface area contributed by atoms with Gasteiger partial charge in [-0.15, -0.1) is 0 Å².